The highest BCUT2D eigenvalue weighted by Crippen LogP contribution is 2.21. The van der Waals surface area contributed by atoms with Gasteiger partial charge < -0.3 is 9.30 Å². The van der Waals surface area contributed by atoms with Crippen molar-refractivity contribution in [2.75, 3.05) is 0 Å². The van der Waals surface area contributed by atoms with Crippen LogP contribution in [-0.4, -0.2) is 15.5 Å². The van der Waals surface area contributed by atoms with E-state index in [0.717, 1.165) is 0 Å². The van der Waals surface area contributed by atoms with Crippen molar-refractivity contribution < 1.29 is 18.3 Å². The molecule has 2 aromatic carbocycles. The Labute approximate surface area is 143 Å². The molecule has 0 bridgehead atoms. The first-order valence-corrected chi connectivity index (χ1v) is 7.45. The lowest BCUT2D eigenvalue weighted by molar-refractivity contribution is 0.0693. The van der Waals surface area contributed by atoms with Gasteiger partial charge in [-0.1, -0.05) is 0 Å². The summed E-state index contributed by atoms with van der Waals surface area (Å²) in [6.07, 6.45) is 4.93. The Morgan fingerprint density at radius 3 is 2.08 bits per heavy atom. The number of rotatable bonds is 4. The highest BCUT2D eigenvalue weighted by molar-refractivity contribution is 5.95. The average Bonchev–Trinajstić information content (AvgIpc) is 3.00. The normalized spacial score (nSPS) is 11.4. The van der Waals surface area contributed by atoms with Crippen LogP contribution in [0.3, 0.4) is 0 Å². The Balaban J connectivity index is 1.95. The predicted octanol–water partition coefficient (Wildman–Crippen LogP) is 4.05. The molecule has 25 heavy (non-hydrogen) atoms. The van der Waals surface area contributed by atoms with Crippen LogP contribution in [0, 0.1) is 11.6 Å². The van der Waals surface area contributed by atoms with Crippen LogP contribution >= 0.6 is 0 Å². The van der Waals surface area contributed by atoms with E-state index in [1.807, 2.05) is 0 Å². The molecule has 0 aliphatic carbocycles. The van der Waals surface area contributed by atoms with Gasteiger partial charge in [0.05, 0.1) is 5.56 Å². The maximum Gasteiger partial charge on any atom is 0.343 e. The van der Waals surface area contributed by atoms with E-state index in [1.165, 1.54) is 48.5 Å². The van der Waals surface area contributed by atoms with Crippen molar-refractivity contribution in [2.24, 2.45) is 7.05 Å². The van der Waals surface area contributed by atoms with Crippen molar-refractivity contribution in [2.45, 2.75) is 0 Å². The molecule has 0 N–H and O–H groups in total. The van der Waals surface area contributed by atoms with Crippen molar-refractivity contribution in [3.63, 3.8) is 0 Å². The van der Waals surface area contributed by atoms with E-state index in [1.54, 1.807) is 30.1 Å². The van der Waals surface area contributed by atoms with Gasteiger partial charge in [-0.05, 0) is 48.5 Å². The number of imidazole rings is 1. The van der Waals surface area contributed by atoms with E-state index in [2.05, 4.69) is 4.98 Å². The van der Waals surface area contributed by atoms with Crippen LogP contribution < -0.4 is 0 Å². The topological polar surface area (TPSA) is 44.1 Å². The van der Waals surface area contributed by atoms with Crippen LogP contribution in [0.4, 0.5) is 8.78 Å². The molecular weight excluding hydrogens is 326 g/mol. The minimum atomic E-state index is -0.648. The van der Waals surface area contributed by atoms with E-state index in [-0.39, 0.29) is 11.3 Å². The van der Waals surface area contributed by atoms with Gasteiger partial charge in [0.2, 0.25) is 0 Å². The number of carbonyl (C=O) groups is 1. The number of hydrogen-bond donors (Lipinski definition) is 0. The van der Waals surface area contributed by atoms with Gasteiger partial charge in [0.25, 0.3) is 0 Å². The van der Waals surface area contributed by atoms with Gasteiger partial charge in [0.15, 0.2) is 0 Å². The average molecular weight is 340 g/mol. The van der Waals surface area contributed by atoms with Crippen molar-refractivity contribution in [3.05, 3.63) is 89.5 Å². The Morgan fingerprint density at radius 2 is 1.56 bits per heavy atom. The van der Waals surface area contributed by atoms with Gasteiger partial charge in [0.1, 0.15) is 23.2 Å². The highest BCUT2D eigenvalue weighted by Gasteiger charge is 2.14. The van der Waals surface area contributed by atoms with E-state index in [9.17, 15) is 13.6 Å². The van der Waals surface area contributed by atoms with E-state index in [0.29, 0.717) is 11.4 Å². The van der Waals surface area contributed by atoms with Crippen molar-refractivity contribution >= 4 is 17.8 Å². The Kier molecular flexibility index (Phi) is 4.70. The van der Waals surface area contributed by atoms with Gasteiger partial charge in [-0.15, -0.1) is 0 Å². The Bertz CT molecular complexity index is 913. The molecule has 4 nitrogen and oxygen atoms in total. The van der Waals surface area contributed by atoms with Gasteiger partial charge in [-0.2, -0.15) is 0 Å². The minimum absolute atomic E-state index is 0.203. The molecule has 0 aliphatic heterocycles. The summed E-state index contributed by atoms with van der Waals surface area (Å²) in [6.45, 7) is 0. The van der Waals surface area contributed by atoms with Gasteiger partial charge in [0, 0.05) is 31.1 Å². The van der Waals surface area contributed by atoms with Crippen molar-refractivity contribution in [1.82, 2.24) is 9.55 Å². The molecule has 0 unspecified atom stereocenters. The zero-order valence-corrected chi connectivity index (χ0v) is 13.3. The number of hydrogen-bond acceptors (Lipinski definition) is 3. The lowest BCUT2D eigenvalue weighted by atomic mass is 10.1. The number of esters is 1. The van der Waals surface area contributed by atoms with Crippen molar-refractivity contribution in [1.29, 1.82) is 0 Å². The molecule has 3 rings (SSSR count). The van der Waals surface area contributed by atoms with E-state index < -0.39 is 17.6 Å². The first kappa shape index (κ1) is 16.6. The molecule has 0 saturated carbocycles. The van der Waals surface area contributed by atoms with E-state index in [4.69, 9.17) is 4.74 Å². The highest BCUT2D eigenvalue weighted by atomic mass is 19.1. The molecule has 126 valence electrons. The summed E-state index contributed by atoms with van der Waals surface area (Å²) in [5.41, 5.74) is 0.717. The number of nitrogens with zero attached hydrogens (tertiary/aromatic N) is 2. The number of aryl methyl sites for hydroxylation is 1. The van der Waals surface area contributed by atoms with Gasteiger partial charge in [-0.3, -0.25) is 0 Å². The van der Waals surface area contributed by atoms with Gasteiger partial charge >= 0.3 is 5.97 Å². The molecule has 3 aromatic rings. The maximum atomic E-state index is 13.2. The maximum absolute atomic E-state index is 13.2. The summed E-state index contributed by atoms with van der Waals surface area (Å²) in [4.78, 5) is 16.5. The molecule has 0 saturated heterocycles. The molecular formula is C19H14F2N2O2. The second-order valence-corrected chi connectivity index (χ2v) is 5.31. The summed E-state index contributed by atoms with van der Waals surface area (Å²) in [5, 5.41) is 0. The number of benzene rings is 2. The SMILES string of the molecule is Cn1ccnc1/C=C(\OC(=O)c1ccc(F)cc1)c1ccc(F)cc1. The standard InChI is InChI=1S/C19H14F2N2O2/c1-23-11-10-22-18(23)12-17(13-2-6-15(20)7-3-13)25-19(24)14-4-8-16(21)9-5-14/h2-12H,1H3/b17-12-. The molecule has 1 aromatic heterocycles. The molecule has 0 spiro atoms. The monoisotopic (exact) mass is 340 g/mol. The van der Waals surface area contributed by atoms with Crippen LogP contribution in [0.2, 0.25) is 0 Å². The fourth-order valence-corrected chi connectivity index (χ4v) is 2.16. The zero-order chi connectivity index (χ0) is 17.8. The summed E-state index contributed by atoms with van der Waals surface area (Å²) >= 11 is 0. The fraction of sp³-hybridized carbons (Fsp3) is 0.0526. The largest absolute Gasteiger partial charge is 0.422 e. The summed E-state index contributed by atoms with van der Waals surface area (Å²) in [6, 6.07) is 10.6. The molecule has 0 atom stereocenters. The second kappa shape index (κ2) is 7.09. The second-order valence-electron chi connectivity index (χ2n) is 5.31. The molecule has 0 fully saturated rings. The van der Waals surface area contributed by atoms with Crippen LogP contribution in [0.25, 0.3) is 11.8 Å². The summed E-state index contributed by atoms with van der Waals surface area (Å²) < 4.78 is 33.4. The van der Waals surface area contributed by atoms with Crippen LogP contribution in [-0.2, 0) is 11.8 Å². The first-order chi connectivity index (χ1) is 12.0. The minimum Gasteiger partial charge on any atom is -0.422 e. The molecule has 0 radical (unpaired) electrons. The number of aromatic nitrogens is 2. The van der Waals surface area contributed by atoms with Crippen molar-refractivity contribution in [3.8, 4) is 0 Å². The zero-order valence-electron chi connectivity index (χ0n) is 13.3. The Hall–Kier alpha value is -3.28. The quantitative estimate of drug-likeness (QED) is 0.531. The predicted molar refractivity (Wildman–Crippen MR) is 89.3 cm³/mol. The lowest BCUT2D eigenvalue weighted by Crippen LogP contribution is -2.05. The fourth-order valence-electron chi connectivity index (χ4n) is 2.16. The first-order valence-electron chi connectivity index (χ1n) is 7.45. The van der Waals surface area contributed by atoms with Gasteiger partial charge in [-0.25, -0.2) is 18.6 Å². The third-order valence-electron chi connectivity index (χ3n) is 3.53. The molecule has 0 amide bonds. The summed E-state index contributed by atoms with van der Waals surface area (Å²) in [5.74, 6) is -0.719. The van der Waals surface area contributed by atoms with E-state index >= 15 is 0 Å². The number of halogens is 2. The smallest absolute Gasteiger partial charge is 0.343 e. The van der Waals surface area contributed by atoms with Crippen LogP contribution in [0.5, 0.6) is 0 Å². The molecule has 1 heterocycles. The van der Waals surface area contributed by atoms with Crippen LogP contribution in [0.15, 0.2) is 60.9 Å². The Morgan fingerprint density at radius 1 is 1.00 bits per heavy atom. The molecule has 6 heteroatoms. The lowest BCUT2D eigenvalue weighted by Gasteiger charge is -2.10. The molecule has 0 aliphatic rings. The third-order valence-corrected chi connectivity index (χ3v) is 3.53. The van der Waals surface area contributed by atoms with Crippen LogP contribution in [0.1, 0.15) is 21.7 Å². The third kappa shape index (κ3) is 3.98. The summed E-state index contributed by atoms with van der Waals surface area (Å²) in [7, 11) is 1.79. The number of ether oxygens (including phenoxy) is 1. The number of carbonyl (C=O) groups excluding carboxylic acids is 1.